The molecule has 31 heavy (non-hydrogen) atoms. The predicted octanol–water partition coefficient (Wildman–Crippen LogP) is 2.13. The first-order valence-corrected chi connectivity index (χ1v) is 9.19. The van der Waals surface area contributed by atoms with Gasteiger partial charge in [-0.25, -0.2) is 4.39 Å². The maximum Gasteiger partial charge on any atom is 0.275 e. The van der Waals surface area contributed by atoms with Crippen LogP contribution in [0.4, 0.5) is 4.39 Å². The SMILES string of the molecule is COc1ccc(C(=O)NNC(=O)c2cccn(Cc3ccc(F)cc3)c2=O)c(OC)c1. The lowest BCUT2D eigenvalue weighted by Gasteiger charge is -2.12. The van der Waals surface area contributed by atoms with Gasteiger partial charge in [0.1, 0.15) is 22.9 Å². The van der Waals surface area contributed by atoms with Gasteiger partial charge in [0.05, 0.1) is 26.3 Å². The molecule has 0 saturated carbocycles. The lowest BCUT2D eigenvalue weighted by Crippen LogP contribution is -2.44. The van der Waals surface area contributed by atoms with Crippen LogP contribution in [0.3, 0.4) is 0 Å². The van der Waals surface area contributed by atoms with Crippen molar-refractivity contribution in [2.24, 2.45) is 0 Å². The van der Waals surface area contributed by atoms with E-state index < -0.39 is 17.4 Å². The number of nitrogens with one attached hydrogen (secondary N) is 2. The summed E-state index contributed by atoms with van der Waals surface area (Å²) in [7, 11) is 2.88. The van der Waals surface area contributed by atoms with Crippen LogP contribution in [0.2, 0.25) is 0 Å². The molecular weight excluding hydrogens is 405 g/mol. The number of hydrogen-bond donors (Lipinski definition) is 2. The minimum absolute atomic E-state index is 0.161. The topological polar surface area (TPSA) is 98.7 Å². The molecule has 160 valence electrons. The van der Waals surface area contributed by atoms with Gasteiger partial charge in [-0.15, -0.1) is 0 Å². The smallest absolute Gasteiger partial charge is 0.275 e. The van der Waals surface area contributed by atoms with Gasteiger partial charge in [0.25, 0.3) is 17.4 Å². The van der Waals surface area contributed by atoms with Crippen molar-refractivity contribution >= 4 is 11.8 Å². The van der Waals surface area contributed by atoms with Gasteiger partial charge in [0.2, 0.25) is 0 Å². The summed E-state index contributed by atoms with van der Waals surface area (Å²) in [6.07, 6.45) is 1.52. The molecule has 0 atom stereocenters. The summed E-state index contributed by atoms with van der Waals surface area (Å²) >= 11 is 0. The van der Waals surface area contributed by atoms with Crippen LogP contribution in [0.5, 0.6) is 11.5 Å². The second-order valence-corrected chi connectivity index (χ2v) is 6.46. The normalized spacial score (nSPS) is 10.3. The van der Waals surface area contributed by atoms with Crippen LogP contribution in [0.15, 0.2) is 65.6 Å². The monoisotopic (exact) mass is 425 g/mol. The van der Waals surface area contributed by atoms with Gasteiger partial charge in [-0.05, 0) is 42.0 Å². The van der Waals surface area contributed by atoms with Gasteiger partial charge in [-0.2, -0.15) is 0 Å². The number of hydrazine groups is 1. The van der Waals surface area contributed by atoms with E-state index in [4.69, 9.17) is 9.47 Å². The molecule has 0 saturated heterocycles. The third kappa shape index (κ3) is 5.08. The van der Waals surface area contributed by atoms with Crippen LogP contribution in [-0.2, 0) is 6.54 Å². The molecule has 0 spiro atoms. The van der Waals surface area contributed by atoms with E-state index in [1.807, 2.05) is 0 Å². The molecule has 2 N–H and O–H groups in total. The van der Waals surface area contributed by atoms with Gasteiger partial charge in [-0.1, -0.05) is 12.1 Å². The zero-order chi connectivity index (χ0) is 22.4. The van der Waals surface area contributed by atoms with Crippen molar-refractivity contribution in [3.63, 3.8) is 0 Å². The van der Waals surface area contributed by atoms with E-state index in [0.717, 1.165) is 0 Å². The molecule has 0 aliphatic heterocycles. The number of amides is 2. The number of carbonyl (C=O) groups excluding carboxylic acids is 2. The van der Waals surface area contributed by atoms with Crippen LogP contribution in [0, 0.1) is 5.82 Å². The largest absolute Gasteiger partial charge is 0.497 e. The lowest BCUT2D eigenvalue weighted by atomic mass is 10.2. The Morgan fingerprint density at radius 1 is 0.935 bits per heavy atom. The van der Waals surface area contributed by atoms with Crippen molar-refractivity contribution in [1.82, 2.24) is 15.4 Å². The molecule has 0 aliphatic rings. The highest BCUT2D eigenvalue weighted by atomic mass is 19.1. The van der Waals surface area contributed by atoms with Gasteiger partial charge >= 0.3 is 0 Å². The number of nitrogens with zero attached hydrogens (tertiary/aromatic N) is 1. The van der Waals surface area contributed by atoms with Crippen LogP contribution >= 0.6 is 0 Å². The van der Waals surface area contributed by atoms with Crippen LogP contribution in [0.25, 0.3) is 0 Å². The van der Waals surface area contributed by atoms with Crippen LogP contribution in [0.1, 0.15) is 26.3 Å². The number of benzene rings is 2. The van der Waals surface area contributed by atoms with Crippen molar-refractivity contribution < 1.29 is 23.5 Å². The number of ether oxygens (including phenoxy) is 2. The predicted molar refractivity (Wildman–Crippen MR) is 111 cm³/mol. The van der Waals surface area contributed by atoms with E-state index >= 15 is 0 Å². The quantitative estimate of drug-likeness (QED) is 0.590. The summed E-state index contributed by atoms with van der Waals surface area (Å²) in [4.78, 5) is 37.5. The second kappa shape index (κ2) is 9.57. The van der Waals surface area contributed by atoms with E-state index in [-0.39, 0.29) is 29.2 Å². The molecule has 2 amide bonds. The van der Waals surface area contributed by atoms with Crippen molar-refractivity contribution in [2.75, 3.05) is 14.2 Å². The molecule has 3 aromatic rings. The van der Waals surface area contributed by atoms with Crippen molar-refractivity contribution in [2.45, 2.75) is 6.54 Å². The zero-order valence-electron chi connectivity index (χ0n) is 16.8. The molecule has 0 aliphatic carbocycles. The molecule has 1 heterocycles. The number of methoxy groups -OCH3 is 2. The molecule has 2 aromatic carbocycles. The zero-order valence-corrected chi connectivity index (χ0v) is 16.8. The van der Waals surface area contributed by atoms with Crippen molar-refractivity contribution in [3.05, 3.63) is 93.7 Å². The molecule has 0 unspecified atom stereocenters. The van der Waals surface area contributed by atoms with Gasteiger partial charge in [-0.3, -0.25) is 25.2 Å². The van der Waals surface area contributed by atoms with E-state index in [2.05, 4.69) is 10.9 Å². The fourth-order valence-electron chi connectivity index (χ4n) is 2.85. The molecular formula is C22H20FN3O5. The van der Waals surface area contributed by atoms with E-state index in [0.29, 0.717) is 11.3 Å². The van der Waals surface area contributed by atoms with Crippen molar-refractivity contribution in [3.8, 4) is 11.5 Å². The average Bonchev–Trinajstić information content (AvgIpc) is 2.79. The van der Waals surface area contributed by atoms with Gasteiger partial charge < -0.3 is 14.0 Å². The van der Waals surface area contributed by atoms with Gasteiger partial charge in [0.15, 0.2) is 0 Å². The summed E-state index contributed by atoms with van der Waals surface area (Å²) < 4.78 is 24.6. The standard InChI is InChI=1S/C22H20FN3O5/c1-30-16-9-10-17(19(12-16)31-2)20(27)24-25-21(28)18-4-3-11-26(22(18)29)13-14-5-7-15(23)8-6-14/h3-12H,13H2,1-2H3,(H,24,27)(H,25,28). The average molecular weight is 425 g/mol. The molecule has 1 aromatic heterocycles. The molecule has 0 fully saturated rings. The molecule has 8 nitrogen and oxygen atoms in total. The Kier molecular flexibility index (Phi) is 6.66. The number of hydrogen-bond acceptors (Lipinski definition) is 5. The fraction of sp³-hybridized carbons (Fsp3) is 0.136. The highest BCUT2D eigenvalue weighted by molar-refractivity contribution is 6.00. The summed E-state index contributed by atoms with van der Waals surface area (Å²) in [5.41, 5.74) is 4.64. The Labute approximate surface area is 177 Å². The summed E-state index contributed by atoms with van der Waals surface area (Å²) in [6.45, 7) is 0.162. The molecule has 0 bridgehead atoms. The third-order valence-corrected chi connectivity index (χ3v) is 4.47. The Morgan fingerprint density at radius 3 is 2.26 bits per heavy atom. The molecule has 9 heteroatoms. The van der Waals surface area contributed by atoms with E-state index in [1.165, 1.54) is 61.4 Å². The highest BCUT2D eigenvalue weighted by Gasteiger charge is 2.16. The first kappa shape index (κ1) is 21.6. The summed E-state index contributed by atoms with van der Waals surface area (Å²) in [5, 5.41) is 0. The summed E-state index contributed by atoms with van der Waals surface area (Å²) in [5.74, 6) is -1.03. The van der Waals surface area contributed by atoms with Crippen LogP contribution in [-0.4, -0.2) is 30.6 Å². The maximum absolute atomic E-state index is 13.1. The number of carbonyl (C=O) groups is 2. The minimum atomic E-state index is -0.778. The second-order valence-electron chi connectivity index (χ2n) is 6.46. The highest BCUT2D eigenvalue weighted by Crippen LogP contribution is 2.24. The van der Waals surface area contributed by atoms with Gasteiger partial charge in [0, 0.05) is 12.3 Å². The Morgan fingerprint density at radius 2 is 1.61 bits per heavy atom. The fourth-order valence-corrected chi connectivity index (χ4v) is 2.85. The van der Waals surface area contributed by atoms with E-state index in [1.54, 1.807) is 18.2 Å². The minimum Gasteiger partial charge on any atom is -0.497 e. The Hall–Kier alpha value is -4.14. The Balaban J connectivity index is 1.71. The molecule has 0 radical (unpaired) electrons. The van der Waals surface area contributed by atoms with Crippen LogP contribution < -0.4 is 25.9 Å². The lowest BCUT2D eigenvalue weighted by molar-refractivity contribution is 0.0843. The Bertz CT molecular complexity index is 1160. The third-order valence-electron chi connectivity index (χ3n) is 4.47. The maximum atomic E-state index is 13.1. The number of pyridine rings is 1. The number of aromatic nitrogens is 1. The molecule has 3 rings (SSSR count). The summed E-state index contributed by atoms with van der Waals surface area (Å²) in [6, 6.07) is 13.2. The first-order chi connectivity index (χ1) is 14.9. The number of rotatable bonds is 6. The number of halogens is 1. The van der Waals surface area contributed by atoms with Crippen molar-refractivity contribution in [1.29, 1.82) is 0 Å². The first-order valence-electron chi connectivity index (χ1n) is 9.19. The van der Waals surface area contributed by atoms with E-state index in [9.17, 15) is 18.8 Å².